The lowest BCUT2D eigenvalue weighted by Crippen LogP contribution is -2.35. The first-order valence-electron chi connectivity index (χ1n) is 7.02. The third-order valence-electron chi connectivity index (χ3n) is 3.17. The largest absolute Gasteiger partial charge is 0.495 e. The molecule has 2 rings (SSSR count). The van der Waals surface area contributed by atoms with Crippen LogP contribution < -0.4 is 10.1 Å². The normalized spacial score (nSPS) is 10.3. The van der Waals surface area contributed by atoms with Crippen molar-refractivity contribution in [1.29, 1.82) is 0 Å². The van der Waals surface area contributed by atoms with E-state index in [0.717, 1.165) is 0 Å². The average molecular weight is 403 g/mol. The van der Waals surface area contributed by atoms with Crippen LogP contribution in [0, 0.1) is 0 Å². The van der Waals surface area contributed by atoms with Gasteiger partial charge in [0, 0.05) is 17.6 Å². The second-order valence-corrected chi connectivity index (χ2v) is 6.27. The van der Waals surface area contributed by atoms with Crippen molar-refractivity contribution in [3.8, 4) is 5.75 Å². The Morgan fingerprint density at radius 1 is 1.16 bits per heavy atom. The van der Waals surface area contributed by atoms with Gasteiger partial charge in [-0.1, -0.05) is 34.8 Å². The molecule has 0 radical (unpaired) electrons. The van der Waals surface area contributed by atoms with Crippen molar-refractivity contribution in [1.82, 2.24) is 9.88 Å². The quantitative estimate of drug-likeness (QED) is 0.773. The van der Waals surface area contributed by atoms with E-state index in [4.69, 9.17) is 39.5 Å². The molecule has 0 aliphatic rings. The van der Waals surface area contributed by atoms with Crippen molar-refractivity contribution in [3.63, 3.8) is 0 Å². The summed E-state index contributed by atoms with van der Waals surface area (Å²) in [5.41, 5.74) is 0.650. The molecule has 0 unspecified atom stereocenters. The molecular formula is C16H14Cl3N3O3. The van der Waals surface area contributed by atoms with E-state index in [1.54, 1.807) is 18.2 Å². The minimum atomic E-state index is -0.417. The molecule has 25 heavy (non-hydrogen) atoms. The monoisotopic (exact) mass is 401 g/mol. The topological polar surface area (TPSA) is 71.5 Å². The van der Waals surface area contributed by atoms with Crippen LogP contribution in [-0.2, 0) is 4.79 Å². The van der Waals surface area contributed by atoms with Gasteiger partial charge in [-0.2, -0.15) is 0 Å². The van der Waals surface area contributed by atoms with Gasteiger partial charge in [-0.25, -0.2) is 4.98 Å². The average Bonchev–Trinajstić information content (AvgIpc) is 2.53. The van der Waals surface area contributed by atoms with Gasteiger partial charge in [0.15, 0.2) is 0 Å². The first kappa shape index (κ1) is 19.3. The summed E-state index contributed by atoms with van der Waals surface area (Å²) >= 11 is 17.5. The molecule has 2 aromatic rings. The Kier molecular flexibility index (Phi) is 6.47. The Morgan fingerprint density at radius 2 is 1.80 bits per heavy atom. The first-order chi connectivity index (χ1) is 11.8. The number of aromatic nitrogens is 1. The van der Waals surface area contributed by atoms with Crippen molar-refractivity contribution in [3.05, 3.63) is 51.2 Å². The molecule has 0 spiro atoms. The summed E-state index contributed by atoms with van der Waals surface area (Å²) in [6.07, 6.45) is 0. The highest BCUT2D eigenvalue weighted by Gasteiger charge is 2.17. The number of anilines is 1. The first-order valence-corrected chi connectivity index (χ1v) is 8.15. The fourth-order valence-electron chi connectivity index (χ4n) is 2.06. The minimum absolute atomic E-state index is 0.0948. The number of methoxy groups -OCH3 is 1. The molecule has 1 aromatic heterocycles. The summed E-state index contributed by atoms with van der Waals surface area (Å²) < 4.78 is 5.16. The predicted molar refractivity (Wildman–Crippen MR) is 97.9 cm³/mol. The number of amides is 2. The van der Waals surface area contributed by atoms with Gasteiger partial charge in [0.25, 0.3) is 5.91 Å². The van der Waals surface area contributed by atoms with Crippen LogP contribution in [0.25, 0.3) is 0 Å². The number of benzene rings is 1. The van der Waals surface area contributed by atoms with Crippen LogP contribution in [0.2, 0.25) is 15.3 Å². The Labute approximate surface area is 159 Å². The van der Waals surface area contributed by atoms with E-state index in [1.165, 1.54) is 31.2 Å². The number of hydrogen-bond acceptors (Lipinski definition) is 4. The number of likely N-dealkylation sites (N-methyl/N-ethyl adjacent to an activating group) is 1. The molecule has 132 valence electrons. The molecule has 0 fully saturated rings. The molecule has 6 nitrogen and oxygen atoms in total. The van der Waals surface area contributed by atoms with Crippen LogP contribution >= 0.6 is 34.8 Å². The molecule has 0 saturated heterocycles. The molecule has 1 aromatic carbocycles. The van der Waals surface area contributed by atoms with Crippen molar-refractivity contribution < 1.29 is 14.3 Å². The van der Waals surface area contributed by atoms with E-state index in [-0.39, 0.29) is 22.4 Å². The van der Waals surface area contributed by atoms with Crippen molar-refractivity contribution in [2.24, 2.45) is 0 Å². The lowest BCUT2D eigenvalue weighted by molar-refractivity contribution is -0.116. The van der Waals surface area contributed by atoms with E-state index in [1.807, 2.05) is 0 Å². The number of carbonyl (C=O) groups excluding carboxylic acids is 2. The van der Waals surface area contributed by atoms with E-state index in [2.05, 4.69) is 10.3 Å². The second-order valence-electron chi connectivity index (χ2n) is 5.06. The van der Waals surface area contributed by atoms with E-state index >= 15 is 0 Å². The maximum Gasteiger partial charge on any atom is 0.254 e. The number of carbonyl (C=O) groups is 2. The Bertz CT molecular complexity index is 794. The van der Waals surface area contributed by atoms with Crippen LogP contribution in [0.5, 0.6) is 5.75 Å². The summed E-state index contributed by atoms with van der Waals surface area (Å²) in [5, 5.41) is 3.29. The standard InChI is InChI=1S/C16H14Cl3N3O3/c1-22(16(24)9-5-13(18)21-14(19)6-9)8-15(23)20-11-7-10(17)3-4-12(11)25-2/h3-7H,8H2,1-2H3,(H,20,23). The van der Waals surface area contributed by atoms with Crippen molar-refractivity contribution in [2.45, 2.75) is 0 Å². The van der Waals surface area contributed by atoms with Crippen molar-refractivity contribution >= 4 is 52.3 Å². The molecular weight excluding hydrogens is 389 g/mol. The third-order valence-corrected chi connectivity index (χ3v) is 3.80. The molecule has 0 atom stereocenters. The predicted octanol–water partition coefficient (Wildman–Crippen LogP) is 3.76. The van der Waals surface area contributed by atoms with Crippen LogP contribution in [0.1, 0.15) is 10.4 Å². The molecule has 0 saturated carbocycles. The lowest BCUT2D eigenvalue weighted by Gasteiger charge is -2.18. The summed E-state index contributed by atoms with van der Waals surface area (Å²) in [4.78, 5) is 29.6. The number of halogens is 3. The van der Waals surface area contributed by atoms with Crippen LogP contribution in [0.3, 0.4) is 0 Å². The van der Waals surface area contributed by atoms with Gasteiger partial charge >= 0.3 is 0 Å². The van der Waals surface area contributed by atoms with Gasteiger partial charge in [-0.3, -0.25) is 9.59 Å². The Hall–Kier alpha value is -2.02. The maximum absolute atomic E-state index is 12.4. The smallest absolute Gasteiger partial charge is 0.254 e. The van der Waals surface area contributed by atoms with Gasteiger partial charge in [0.2, 0.25) is 5.91 Å². The van der Waals surface area contributed by atoms with Crippen LogP contribution in [0.15, 0.2) is 30.3 Å². The Balaban J connectivity index is 2.07. The minimum Gasteiger partial charge on any atom is -0.495 e. The van der Waals surface area contributed by atoms with Crippen molar-refractivity contribution in [2.75, 3.05) is 26.0 Å². The fourth-order valence-corrected chi connectivity index (χ4v) is 2.70. The van der Waals surface area contributed by atoms with E-state index < -0.39 is 11.8 Å². The molecule has 0 aliphatic carbocycles. The summed E-state index contributed by atoms with van der Waals surface area (Å²) in [6, 6.07) is 7.59. The summed E-state index contributed by atoms with van der Waals surface area (Å²) in [5.74, 6) is -0.374. The highest BCUT2D eigenvalue weighted by molar-refractivity contribution is 6.33. The van der Waals surface area contributed by atoms with E-state index in [9.17, 15) is 9.59 Å². The lowest BCUT2D eigenvalue weighted by atomic mass is 10.2. The zero-order chi connectivity index (χ0) is 18.6. The fraction of sp³-hybridized carbons (Fsp3) is 0.188. The molecule has 0 bridgehead atoms. The molecule has 9 heteroatoms. The number of hydrogen-bond donors (Lipinski definition) is 1. The van der Waals surface area contributed by atoms with Gasteiger partial charge < -0.3 is 15.0 Å². The SMILES string of the molecule is COc1ccc(Cl)cc1NC(=O)CN(C)C(=O)c1cc(Cl)nc(Cl)c1. The van der Waals surface area contributed by atoms with Crippen LogP contribution in [-0.4, -0.2) is 42.4 Å². The highest BCUT2D eigenvalue weighted by atomic mass is 35.5. The van der Waals surface area contributed by atoms with Gasteiger partial charge in [0.1, 0.15) is 16.1 Å². The highest BCUT2D eigenvalue weighted by Crippen LogP contribution is 2.27. The molecule has 1 N–H and O–H groups in total. The molecule has 0 aliphatic heterocycles. The number of rotatable bonds is 5. The second kappa shape index (κ2) is 8.38. The zero-order valence-corrected chi connectivity index (χ0v) is 15.6. The van der Waals surface area contributed by atoms with Gasteiger partial charge in [-0.05, 0) is 30.3 Å². The van der Waals surface area contributed by atoms with Gasteiger partial charge in [-0.15, -0.1) is 0 Å². The number of nitrogens with zero attached hydrogens (tertiary/aromatic N) is 2. The zero-order valence-electron chi connectivity index (χ0n) is 13.3. The molecule has 2 amide bonds. The summed E-state index contributed by atoms with van der Waals surface area (Å²) in [6.45, 7) is -0.188. The summed E-state index contributed by atoms with van der Waals surface area (Å²) in [7, 11) is 2.96. The van der Waals surface area contributed by atoms with E-state index in [0.29, 0.717) is 16.5 Å². The number of pyridine rings is 1. The number of nitrogens with one attached hydrogen (secondary N) is 1. The molecule has 1 heterocycles. The third kappa shape index (κ3) is 5.22. The maximum atomic E-state index is 12.4. The number of ether oxygens (including phenoxy) is 1. The van der Waals surface area contributed by atoms with Gasteiger partial charge in [0.05, 0.1) is 19.3 Å². The van der Waals surface area contributed by atoms with Crippen LogP contribution in [0.4, 0.5) is 5.69 Å². The Morgan fingerprint density at radius 3 is 2.40 bits per heavy atom.